The van der Waals surface area contributed by atoms with E-state index in [0.717, 1.165) is 34.1 Å². The van der Waals surface area contributed by atoms with E-state index >= 15 is 0 Å². The van der Waals surface area contributed by atoms with Gasteiger partial charge < -0.3 is 26.0 Å². The quantitative estimate of drug-likeness (QED) is 0.405. The Bertz CT molecular complexity index is 1410. The number of aromatic nitrogens is 4. The van der Waals surface area contributed by atoms with Crippen molar-refractivity contribution < 1.29 is 45.1 Å². The maximum absolute atomic E-state index is 14.6. The molecule has 4 N–H and O–H groups in total. The Labute approximate surface area is 214 Å². The van der Waals surface area contributed by atoms with Gasteiger partial charge in [-0.2, -0.15) is 31.4 Å². The zero-order valence-corrected chi connectivity index (χ0v) is 19.8. The number of ether oxygens (including phenoxy) is 1. The van der Waals surface area contributed by atoms with Gasteiger partial charge in [-0.3, -0.25) is 4.79 Å². The Balaban J connectivity index is 1.61. The van der Waals surface area contributed by atoms with E-state index in [4.69, 9.17) is 10.5 Å². The number of pyridine rings is 1. The molecule has 3 aromatic rings. The molecule has 1 saturated heterocycles. The van der Waals surface area contributed by atoms with Crippen molar-refractivity contribution in [2.24, 2.45) is 0 Å². The lowest BCUT2D eigenvalue weighted by Crippen LogP contribution is -2.45. The van der Waals surface area contributed by atoms with E-state index in [1.807, 2.05) is 0 Å². The van der Waals surface area contributed by atoms with Gasteiger partial charge in [0.15, 0.2) is 5.82 Å². The summed E-state index contributed by atoms with van der Waals surface area (Å²) in [5.41, 5.74) is 3.54. The molecule has 4 heterocycles. The monoisotopic (exact) mass is 564 g/mol. The standard InChI is InChI=1S/C21H19F7N8O3/c1-39-18-10(17(37)34-13-6-35(5-12(13)22)19(38)31-7-20(23,24)25)2-9(4-30-18)14-3-11(21(26,27)28)15-16(29)32-8-33-36(14)15/h2-4,8,12-13H,5-7H2,1H3,(H,31,38)(H,34,37)(H2,29,32,33). The van der Waals surface area contributed by atoms with Gasteiger partial charge in [0.25, 0.3) is 5.91 Å². The molecule has 39 heavy (non-hydrogen) atoms. The number of likely N-dealkylation sites (tertiary alicyclic amines) is 1. The number of halogens is 7. The fourth-order valence-corrected chi connectivity index (χ4v) is 4.01. The molecule has 2 atom stereocenters. The molecule has 0 aromatic carbocycles. The first-order chi connectivity index (χ1) is 18.2. The number of anilines is 1. The van der Waals surface area contributed by atoms with Gasteiger partial charge in [-0.15, -0.1) is 0 Å². The van der Waals surface area contributed by atoms with Crippen LogP contribution in [-0.4, -0.2) is 81.6 Å². The number of nitrogens with zero attached hydrogens (tertiary/aromatic N) is 5. The van der Waals surface area contributed by atoms with Gasteiger partial charge in [0.1, 0.15) is 30.1 Å². The highest BCUT2D eigenvalue weighted by Crippen LogP contribution is 2.39. The van der Waals surface area contributed by atoms with Crippen molar-refractivity contribution in [1.82, 2.24) is 35.1 Å². The van der Waals surface area contributed by atoms with E-state index in [1.54, 1.807) is 5.32 Å². The molecule has 1 aliphatic heterocycles. The Morgan fingerprint density at radius 1 is 1.15 bits per heavy atom. The van der Waals surface area contributed by atoms with Crippen LogP contribution in [0.3, 0.4) is 0 Å². The summed E-state index contributed by atoms with van der Waals surface area (Å²) in [5.74, 6) is -1.66. The van der Waals surface area contributed by atoms with Crippen molar-refractivity contribution in [3.05, 3.63) is 35.8 Å². The van der Waals surface area contributed by atoms with Crippen LogP contribution in [0.2, 0.25) is 0 Å². The predicted molar refractivity (Wildman–Crippen MR) is 119 cm³/mol. The zero-order valence-electron chi connectivity index (χ0n) is 19.8. The van der Waals surface area contributed by atoms with Crippen molar-refractivity contribution in [2.45, 2.75) is 24.6 Å². The fraction of sp³-hybridized carbons (Fsp3) is 0.381. The highest BCUT2D eigenvalue weighted by Gasteiger charge is 2.39. The summed E-state index contributed by atoms with van der Waals surface area (Å²) >= 11 is 0. The average Bonchev–Trinajstić information content (AvgIpc) is 3.43. The lowest BCUT2D eigenvalue weighted by molar-refractivity contribution is -0.136. The smallest absolute Gasteiger partial charge is 0.418 e. The maximum atomic E-state index is 14.6. The lowest BCUT2D eigenvalue weighted by Gasteiger charge is -2.18. The number of hydrogen-bond acceptors (Lipinski definition) is 7. The lowest BCUT2D eigenvalue weighted by atomic mass is 10.1. The summed E-state index contributed by atoms with van der Waals surface area (Å²) < 4.78 is 98.6. The van der Waals surface area contributed by atoms with Gasteiger partial charge in [-0.1, -0.05) is 0 Å². The third-order valence-electron chi connectivity index (χ3n) is 5.77. The first-order valence-corrected chi connectivity index (χ1v) is 11.0. The number of fused-ring (bicyclic) bond motifs is 1. The molecule has 0 bridgehead atoms. The minimum Gasteiger partial charge on any atom is -0.480 e. The molecule has 4 rings (SSSR count). The number of rotatable bonds is 5. The van der Waals surface area contributed by atoms with E-state index in [-0.39, 0.29) is 22.7 Å². The van der Waals surface area contributed by atoms with Crippen LogP contribution in [0.15, 0.2) is 24.7 Å². The Hall–Kier alpha value is -4.38. The normalized spacial score (nSPS) is 17.9. The highest BCUT2D eigenvalue weighted by molar-refractivity contribution is 5.98. The highest BCUT2D eigenvalue weighted by atomic mass is 19.4. The molecule has 0 spiro atoms. The predicted octanol–water partition coefficient (Wildman–Crippen LogP) is 2.42. The van der Waals surface area contributed by atoms with Crippen molar-refractivity contribution in [1.29, 1.82) is 0 Å². The Kier molecular flexibility index (Phi) is 7.14. The van der Waals surface area contributed by atoms with Gasteiger partial charge in [0.2, 0.25) is 5.88 Å². The fourth-order valence-electron chi connectivity index (χ4n) is 4.01. The minimum absolute atomic E-state index is 0.0130. The van der Waals surface area contributed by atoms with E-state index in [2.05, 4.69) is 20.4 Å². The van der Waals surface area contributed by atoms with E-state index in [9.17, 15) is 40.3 Å². The first kappa shape index (κ1) is 27.6. The van der Waals surface area contributed by atoms with Crippen LogP contribution in [0.1, 0.15) is 15.9 Å². The van der Waals surface area contributed by atoms with Gasteiger partial charge in [0.05, 0.1) is 31.0 Å². The molecule has 2 unspecified atom stereocenters. The van der Waals surface area contributed by atoms with Crippen molar-refractivity contribution in [3.8, 4) is 17.1 Å². The molecule has 0 radical (unpaired) electrons. The number of nitrogens with two attached hydrogens (primary N) is 1. The molecule has 210 valence electrons. The first-order valence-electron chi connectivity index (χ1n) is 11.0. The minimum atomic E-state index is -4.82. The van der Waals surface area contributed by atoms with Crippen LogP contribution in [0, 0.1) is 0 Å². The number of amides is 3. The summed E-state index contributed by atoms with van der Waals surface area (Å²) in [4.78, 5) is 33.3. The van der Waals surface area contributed by atoms with Crippen LogP contribution in [-0.2, 0) is 6.18 Å². The Morgan fingerprint density at radius 3 is 2.51 bits per heavy atom. The molecule has 11 nitrogen and oxygen atoms in total. The summed E-state index contributed by atoms with van der Waals surface area (Å²) in [6.07, 6.45) is -9.25. The average molecular weight is 564 g/mol. The van der Waals surface area contributed by atoms with Crippen LogP contribution in [0.4, 0.5) is 41.3 Å². The third kappa shape index (κ3) is 5.73. The van der Waals surface area contributed by atoms with Gasteiger partial charge in [0, 0.05) is 18.3 Å². The number of nitrogen functional groups attached to an aromatic ring is 1. The SMILES string of the molecule is COc1ncc(-c2cc(C(F)(F)F)c3c(N)ncnn23)cc1C(=O)NC1CN(C(=O)NCC(F)(F)F)CC1F. The third-order valence-corrected chi connectivity index (χ3v) is 5.77. The number of urea groups is 1. The number of alkyl halides is 7. The van der Waals surface area contributed by atoms with Crippen LogP contribution in [0.5, 0.6) is 5.88 Å². The number of methoxy groups -OCH3 is 1. The van der Waals surface area contributed by atoms with Gasteiger partial charge >= 0.3 is 18.4 Å². The summed E-state index contributed by atoms with van der Waals surface area (Å²) in [5, 5.41) is 7.76. The molecular formula is C21H19F7N8O3. The summed E-state index contributed by atoms with van der Waals surface area (Å²) in [6, 6.07) is -0.592. The van der Waals surface area contributed by atoms with E-state index < -0.39 is 73.0 Å². The number of carbonyl (C=O) groups excluding carboxylic acids is 2. The summed E-state index contributed by atoms with van der Waals surface area (Å²) in [7, 11) is 1.17. The summed E-state index contributed by atoms with van der Waals surface area (Å²) in [6.45, 7) is -2.64. The van der Waals surface area contributed by atoms with Crippen LogP contribution in [0.25, 0.3) is 16.8 Å². The van der Waals surface area contributed by atoms with Crippen molar-refractivity contribution >= 4 is 23.3 Å². The molecule has 3 amide bonds. The Morgan fingerprint density at radius 2 is 1.87 bits per heavy atom. The number of carbonyl (C=O) groups is 2. The molecule has 1 aliphatic rings. The molecule has 0 saturated carbocycles. The van der Waals surface area contributed by atoms with Crippen LogP contribution >= 0.6 is 0 Å². The van der Waals surface area contributed by atoms with Crippen molar-refractivity contribution in [3.63, 3.8) is 0 Å². The second kappa shape index (κ2) is 10.1. The molecule has 1 fully saturated rings. The molecule has 0 aliphatic carbocycles. The second-order valence-electron chi connectivity index (χ2n) is 8.40. The maximum Gasteiger partial charge on any atom is 0.418 e. The number of nitrogens with one attached hydrogen (secondary N) is 2. The molecule has 18 heteroatoms. The molecular weight excluding hydrogens is 545 g/mol. The topological polar surface area (TPSA) is 140 Å². The molecule has 3 aromatic heterocycles. The zero-order chi connectivity index (χ0) is 28.7. The van der Waals surface area contributed by atoms with Gasteiger partial charge in [-0.25, -0.2) is 23.7 Å². The van der Waals surface area contributed by atoms with Crippen LogP contribution < -0.4 is 21.1 Å². The largest absolute Gasteiger partial charge is 0.480 e. The van der Waals surface area contributed by atoms with E-state index in [0.29, 0.717) is 0 Å². The number of hydrogen-bond donors (Lipinski definition) is 3. The second-order valence-corrected chi connectivity index (χ2v) is 8.40. The van der Waals surface area contributed by atoms with Crippen molar-refractivity contribution in [2.75, 3.05) is 32.5 Å². The van der Waals surface area contributed by atoms with E-state index in [1.165, 1.54) is 7.11 Å². The van der Waals surface area contributed by atoms with Gasteiger partial charge in [-0.05, 0) is 12.1 Å².